The molecular weight excluding hydrogens is 332 g/mol. The summed E-state index contributed by atoms with van der Waals surface area (Å²) in [6.45, 7) is 5.52. The summed E-state index contributed by atoms with van der Waals surface area (Å²) in [5.74, 6) is 3.27. The highest BCUT2D eigenvalue weighted by molar-refractivity contribution is 5.70. The van der Waals surface area contributed by atoms with E-state index < -0.39 is 0 Å². The molecule has 2 saturated heterocycles. The van der Waals surface area contributed by atoms with E-state index in [0.717, 1.165) is 69.7 Å². The Hall–Kier alpha value is -2.45. The van der Waals surface area contributed by atoms with Crippen molar-refractivity contribution < 1.29 is 9.47 Å². The molecule has 8 nitrogen and oxygen atoms in total. The number of hydrogen-bond donors (Lipinski definition) is 1. The summed E-state index contributed by atoms with van der Waals surface area (Å²) < 4.78 is 11.2. The Labute approximate surface area is 152 Å². The molecule has 26 heavy (non-hydrogen) atoms. The Morgan fingerprint density at radius 2 is 1.81 bits per heavy atom. The number of nitrogens with zero attached hydrogens (tertiary/aromatic N) is 5. The van der Waals surface area contributed by atoms with Crippen LogP contribution in [0.4, 0.5) is 17.5 Å². The zero-order chi connectivity index (χ0) is 17.5. The van der Waals surface area contributed by atoms with Gasteiger partial charge in [0.05, 0.1) is 32.5 Å². The molecule has 5 heterocycles. The highest BCUT2D eigenvalue weighted by Crippen LogP contribution is 2.39. The van der Waals surface area contributed by atoms with Crippen molar-refractivity contribution in [1.82, 2.24) is 15.0 Å². The van der Waals surface area contributed by atoms with Gasteiger partial charge >= 0.3 is 0 Å². The number of nitrogens with two attached hydrogens (primary N) is 1. The van der Waals surface area contributed by atoms with Crippen molar-refractivity contribution in [2.45, 2.75) is 12.5 Å². The summed E-state index contributed by atoms with van der Waals surface area (Å²) >= 11 is 0. The normalized spacial score (nSPS) is 22.2. The third-order valence-electron chi connectivity index (χ3n) is 5.26. The number of anilines is 3. The fourth-order valence-corrected chi connectivity index (χ4v) is 3.92. The molecule has 3 aliphatic rings. The van der Waals surface area contributed by atoms with Crippen molar-refractivity contribution in [3.05, 3.63) is 23.9 Å². The van der Waals surface area contributed by atoms with E-state index in [1.807, 2.05) is 6.07 Å². The fraction of sp³-hybridized carbons (Fsp3) is 0.500. The number of nitrogen functional groups attached to an aromatic ring is 1. The molecule has 1 atom stereocenters. The van der Waals surface area contributed by atoms with Crippen molar-refractivity contribution in [1.29, 1.82) is 0 Å². The number of ether oxygens (including phenoxy) is 2. The lowest BCUT2D eigenvalue weighted by Crippen LogP contribution is -2.43. The van der Waals surface area contributed by atoms with Crippen LogP contribution >= 0.6 is 0 Å². The van der Waals surface area contributed by atoms with Crippen molar-refractivity contribution in [3.63, 3.8) is 0 Å². The van der Waals surface area contributed by atoms with Gasteiger partial charge in [-0.2, -0.15) is 0 Å². The molecular formula is C18H22N6O2. The van der Waals surface area contributed by atoms with Gasteiger partial charge in [-0.05, 0) is 12.1 Å². The Balaban J connectivity index is 1.62. The minimum atomic E-state index is 0.354. The van der Waals surface area contributed by atoms with Gasteiger partial charge in [0.2, 0.25) is 0 Å². The van der Waals surface area contributed by atoms with Crippen molar-refractivity contribution in [3.8, 4) is 11.4 Å². The molecule has 2 aromatic rings. The second-order valence-electron chi connectivity index (χ2n) is 6.87. The van der Waals surface area contributed by atoms with E-state index in [2.05, 4.69) is 14.8 Å². The highest BCUT2D eigenvalue weighted by atomic mass is 16.5. The van der Waals surface area contributed by atoms with Crippen molar-refractivity contribution in [2.24, 2.45) is 0 Å². The minimum absolute atomic E-state index is 0.354. The third kappa shape index (κ3) is 2.65. The number of pyridine rings is 1. The summed E-state index contributed by atoms with van der Waals surface area (Å²) in [6, 6.07) is 4.07. The van der Waals surface area contributed by atoms with Gasteiger partial charge in [0.1, 0.15) is 17.5 Å². The van der Waals surface area contributed by atoms with Gasteiger partial charge in [-0.3, -0.25) is 0 Å². The van der Waals surface area contributed by atoms with Gasteiger partial charge in [0, 0.05) is 43.4 Å². The van der Waals surface area contributed by atoms with Crippen LogP contribution in [0.15, 0.2) is 18.3 Å². The first kappa shape index (κ1) is 15.8. The molecule has 2 N–H and O–H groups in total. The molecule has 0 aromatic carbocycles. The lowest BCUT2D eigenvalue weighted by Gasteiger charge is -2.31. The average molecular weight is 354 g/mol. The quantitative estimate of drug-likeness (QED) is 0.844. The first-order chi connectivity index (χ1) is 12.8. The van der Waals surface area contributed by atoms with Crippen LogP contribution in [0.25, 0.3) is 11.4 Å². The van der Waals surface area contributed by atoms with E-state index in [1.165, 1.54) is 5.56 Å². The Bertz CT molecular complexity index is 806. The zero-order valence-corrected chi connectivity index (χ0v) is 14.6. The second-order valence-corrected chi connectivity index (χ2v) is 6.87. The van der Waals surface area contributed by atoms with Crippen LogP contribution in [-0.4, -0.2) is 67.1 Å². The maximum Gasteiger partial charge on any atom is 0.165 e. The molecule has 0 radical (unpaired) electrons. The van der Waals surface area contributed by atoms with Gasteiger partial charge in [0.15, 0.2) is 5.82 Å². The monoisotopic (exact) mass is 354 g/mol. The van der Waals surface area contributed by atoms with Gasteiger partial charge < -0.3 is 25.0 Å². The first-order valence-corrected chi connectivity index (χ1v) is 9.09. The summed E-state index contributed by atoms with van der Waals surface area (Å²) in [5.41, 5.74) is 7.85. The van der Waals surface area contributed by atoms with Crippen molar-refractivity contribution in [2.75, 3.05) is 61.6 Å². The van der Waals surface area contributed by atoms with Gasteiger partial charge in [-0.25, -0.2) is 15.0 Å². The summed E-state index contributed by atoms with van der Waals surface area (Å²) in [5, 5.41) is 0. The molecule has 0 bridgehead atoms. The third-order valence-corrected chi connectivity index (χ3v) is 5.26. The van der Waals surface area contributed by atoms with Gasteiger partial charge in [-0.15, -0.1) is 0 Å². The highest BCUT2D eigenvalue weighted by Gasteiger charge is 2.37. The minimum Gasteiger partial charge on any atom is -0.384 e. The zero-order valence-electron chi connectivity index (χ0n) is 14.6. The van der Waals surface area contributed by atoms with Gasteiger partial charge in [-0.1, -0.05) is 0 Å². The van der Waals surface area contributed by atoms with E-state index in [0.29, 0.717) is 17.7 Å². The van der Waals surface area contributed by atoms with E-state index in [-0.39, 0.29) is 0 Å². The van der Waals surface area contributed by atoms with Crippen LogP contribution in [-0.2, 0) is 15.9 Å². The predicted molar refractivity (Wildman–Crippen MR) is 98.4 cm³/mol. The van der Waals surface area contributed by atoms with Crippen LogP contribution in [0.3, 0.4) is 0 Å². The largest absolute Gasteiger partial charge is 0.384 e. The molecule has 8 heteroatoms. The fourth-order valence-electron chi connectivity index (χ4n) is 3.92. The van der Waals surface area contributed by atoms with Crippen LogP contribution in [0.1, 0.15) is 5.56 Å². The summed E-state index contributed by atoms with van der Waals surface area (Å²) in [4.78, 5) is 18.7. The molecule has 3 aliphatic heterocycles. The molecule has 0 spiro atoms. The van der Waals surface area contributed by atoms with Gasteiger partial charge in [0.25, 0.3) is 0 Å². The Morgan fingerprint density at radius 1 is 1.00 bits per heavy atom. The van der Waals surface area contributed by atoms with E-state index in [4.69, 9.17) is 25.2 Å². The number of rotatable bonds is 2. The molecule has 1 unspecified atom stereocenters. The van der Waals surface area contributed by atoms with Crippen molar-refractivity contribution >= 4 is 17.5 Å². The van der Waals surface area contributed by atoms with Crippen LogP contribution in [0.2, 0.25) is 0 Å². The number of fused-ring (bicyclic) bond motifs is 3. The SMILES string of the molecule is Nc1ccc(-c2nc(N3CCOCC3)c3c(n2)N2CCOCC2C3)cn1. The average Bonchev–Trinajstić information content (AvgIpc) is 3.07. The molecule has 136 valence electrons. The smallest absolute Gasteiger partial charge is 0.165 e. The molecule has 0 amide bonds. The van der Waals surface area contributed by atoms with Crippen LogP contribution in [0.5, 0.6) is 0 Å². The lowest BCUT2D eigenvalue weighted by atomic mass is 10.1. The standard InChI is InChI=1S/C18H22N6O2/c19-15-2-1-12(10-20-15)16-21-17(23-3-6-25-7-4-23)14-9-13-11-26-8-5-24(13)18(14)22-16/h1-2,10,13H,3-9,11H2,(H2,19,20). The number of morpholine rings is 2. The maximum atomic E-state index is 5.73. The van der Waals surface area contributed by atoms with E-state index >= 15 is 0 Å². The van der Waals surface area contributed by atoms with Crippen LogP contribution < -0.4 is 15.5 Å². The molecule has 0 saturated carbocycles. The Kier molecular flexibility index (Phi) is 3.86. The molecule has 0 aliphatic carbocycles. The first-order valence-electron chi connectivity index (χ1n) is 9.09. The molecule has 2 fully saturated rings. The number of hydrogen-bond acceptors (Lipinski definition) is 8. The summed E-state index contributed by atoms with van der Waals surface area (Å²) in [6.07, 6.45) is 2.67. The molecule has 5 rings (SSSR count). The van der Waals surface area contributed by atoms with Crippen LogP contribution in [0, 0.1) is 0 Å². The lowest BCUT2D eigenvalue weighted by molar-refractivity contribution is 0.0973. The maximum absolute atomic E-state index is 5.73. The second kappa shape index (κ2) is 6.37. The molecule has 2 aromatic heterocycles. The topological polar surface area (TPSA) is 89.6 Å². The van der Waals surface area contributed by atoms with E-state index in [9.17, 15) is 0 Å². The predicted octanol–water partition coefficient (Wildman–Crippen LogP) is 0.719. The van der Waals surface area contributed by atoms with E-state index in [1.54, 1.807) is 12.3 Å². The Morgan fingerprint density at radius 3 is 2.62 bits per heavy atom. The summed E-state index contributed by atoms with van der Waals surface area (Å²) in [7, 11) is 0. The number of aromatic nitrogens is 3.